The standard InChI is InChI=1S/C19H29N3O3S/c1-14-9-15(2)12-22(11-14)26(24,25)18-5-3-17(4-6-18)19(23)21-8-7-16(10-20)13-21/h3-6,14-16H,7-13,20H2,1-2H3. The summed E-state index contributed by atoms with van der Waals surface area (Å²) in [6.07, 6.45) is 1.99. The first-order valence-electron chi connectivity index (χ1n) is 9.40. The topological polar surface area (TPSA) is 83.7 Å². The Morgan fingerprint density at radius 2 is 1.73 bits per heavy atom. The molecule has 2 aliphatic heterocycles. The number of carbonyl (C=O) groups is 1. The number of likely N-dealkylation sites (tertiary alicyclic amines) is 1. The number of nitrogens with zero attached hydrogens (tertiary/aromatic N) is 2. The van der Waals surface area contributed by atoms with E-state index in [4.69, 9.17) is 5.73 Å². The smallest absolute Gasteiger partial charge is 0.253 e. The molecule has 2 fully saturated rings. The first-order chi connectivity index (χ1) is 12.3. The Labute approximate surface area is 156 Å². The molecule has 1 aromatic rings. The lowest BCUT2D eigenvalue weighted by Gasteiger charge is -2.34. The van der Waals surface area contributed by atoms with Crippen LogP contribution < -0.4 is 5.73 Å². The number of rotatable bonds is 4. The van der Waals surface area contributed by atoms with E-state index in [2.05, 4.69) is 13.8 Å². The predicted molar refractivity (Wildman–Crippen MR) is 101 cm³/mol. The Morgan fingerprint density at radius 1 is 1.12 bits per heavy atom. The molecule has 7 heteroatoms. The number of nitrogens with two attached hydrogens (primary N) is 1. The van der Waals surface area contributed by atoms with Gasteiger partial charge in [-0.25, -0.2) is 8.42 Å². The molecule has 2 N–H and O–H groups in total. The van der Waals surface area contributed by atoms with Crippen molar-refractivity contribution in [3.63, 3.8) is 0 Å². The summed E-state index contributed by atoms with van der Waals surface area (Å²) in [6, 6.07) is 6.37. The van der Waals surface area contributed by atoms with E-state index in [-0.39, 0.29) is 10.8 Å². The van der Waals surface area contributed by atoms with Gasteiger partial charge in [0.1, 0.15) is 0 Å². The number of hydrogen-bond acceptors (Lipinski definition) is 4. The van der Waals surface area contributed by atoms with Crippen LogP contribution in [0.3, 0.4) is 0 Å². The van der Waals surface area contributed by atoms with Crippen LogP contribution in [0.4, 0.5) is 0 Å². The summed E-state index contributed by atoms with van der Waals surface area (Å²) in [7, 11) is -3.51. The Balaban J connectivity index is 1.73. The zero-order chi connectivity index (χ0) is 18.9. The van der Waals surface area contributed by atoms with Crippen molar-refractivity contribution >= 4 is 15.9 Å². The van der Waals surface area contributed by atoms with Crippen LogP contribution in [0.5, 0.6) is 0 Å². The van der Waals surface area contributed by atoms with Crippen LogP contribution in [0.2, 0.25) is 0 Å². The van der Waals surface area contributed by atoms with E-state index in [0.29, 0.717) is 56.0 Å². The minimum atomic E-state index is -3.51. The van der Waals surface area contributed by atoms with Crippen molar-refractivity contribution in [1.29, 1.82) is 0 Å². The fraction of sp³-hybridized carbons (Fsp3) is 0.632. The molecule has 3 atom stereocenters. The number of hydrogen-bond donors (Lipinski definition) is 1. The third-order valence-electron chi connectivity index (χ3n) is 5.48. The fourth-order valence-corrected chi connectivity index (χ4v) is 5.79. The van der Waals surface area contributed by atoms with E-state index in [9.17, 15) is 13.2 Å². The Bertz CT molecular complexity index is 738. The van der Waals surface area contributed by atoms with E-state index in [1.165, 1.54) is 0 Å². The van der Waals surface area contributed by atoms with Crippen molar-refractivity contribution in [2.24, 2.45) is 23.5 Å². The minimum absolute atomic E-state index is 0.0508. The quantitative estimate of drug-likeness (QED) is 0.864. The Hall–Kier alpha value is -1.44. The molecule has 0 spiro atoms. The van der Waals surface area contributed by atoms with Crippen molar-refractivity contribution in [1.82, 2.24) is 9.21 Å². The Kier molecular flexibility index (Phi) is 5.69. The lowest BCUT2D eigenvalue weighted by Crippen LogP contribution is -2.42. The Morgan fingerprint density at radius 3 is 2.27 bits per heavy atom. The first-order valence-corrected chi connectivity index (χ1v) is 10.8. The molecular weight excluding hydrogens is 350 g/mol. The second-order valence-electron chi connectivity index (χ2n) is 7.93. The molecule has 2 saturated heterocycles. The molecule has 144 valence electrons. The highest BCUT2D eigenvalue weighted by atomic mass is 32.2. The number of carbonyl (C=O) groups excluding carboxylic acids is 1. The summed E-state index contributed by atoms with van der Waals surface area (Å²) in [6.45, 7) is 7.27. The van der Waals surface area contributed by atoms with E-state index < -0.39 is 10.0 Å². The lowest BCUT2D eigenvalue weighted by molar-refractivity contribution is 0.0787. The van der Waals surface area contributed by atoms with Gasteiger partial charge in [0.05, 0.1) is 4.90 Å². The van der Waals surface area contributed by atoms with Gasteiger partial charge < -0.3 is 10.6 Å². The average molecular weight is 380 g/mol. The van der Waals surface area contributed by atoms with Crippen molar-refractivity contribution in [3.05, 3.63) is 29.8 Å². The maximum Gasteiger partial charge on any atom is 0.253 e. The highest BCUT2D eigenvalue weighted by Gasteiger charge is 2.32. The minimum Gasteiger partial charge on any atom is -0.338 e. The highest BCUT2D eigenvalue weighted by molar-refractivity contribution is 7.89. The molecule has 0 saturated carbocycles. The van der Waals surface area contributed by atoms with Crippen molar-refractivity contribution in [2.45, 2.75) is 31.6 Å². The van der Waals surface area contributed by atoms with Gasteiger partial charge in [0.15, 0.2) is 0 Å². The molecule has 2 heterocycles. The van der Waals surface area contributed by atoms with E-state index in [0.717, 1.165) is 12.8 Å². The zero-order valence-corrected chi connectivity index (χ0v) is 16.4. The van der Waals surface area contributed by atoms with Gasteiger partial charge in [-0.15, -0.1) is 0 Å². The van der Waals surface area contributed by atoms with Crippen LogP contribution in [0.15, 0.2) is 29.2 Å². The molecule has 26 heavy (non-hydrogen) atoms. The zero-order valence-electron chi connectivity index (χ0n) is 15.6. The molecule has 0 radical (unpaired) electrons. The number of benzene rings is 1. The SMILES string of the molecule is CC1CC(C)CN(S(=O)(=O)c2ccc(C(=O)N3CCC(CN)C3)cc2)C1. The maximum atomic E-state index is 12.9. The summed E-state index contributed by atoms with van der Waals surface area (Å²) in [5, 5.41) is 0. The second-order valence-corrected chi connectivity index (χ2v) is 9.87. The number of piperidine rings is 1. The van der Waals surface area contributed by atoms with Gasteiger partial charge in [-0.2, -0.15) is 4.31 Å². The second kappa shape index (κ2) is 7.66. The lowest BCUT2D eigenvalue weighted by atomic mass is 9.94. The molecule has 3 rings (SSSR count). The molecular formula is C19H29N3O3S. The molecule has 1 amide bonds. The molecule has 0 aliphatic carbocycles. The molecule has 1 aromatic carbocycles. The van der Waals surface area contributed by atoms with E-state index >= 15 is 0 Å². The number of sulfonamides is 1. The van der Waals surface area contributed by atoms with Gasteiger partial charge in [0.25, 0.3) is 5.91 Å². The summed E-state index contributed by atoms with van der Waals surface area (Å²) in [5.74, 6) is 1.03. The van der Waals surface area contributed by atoms with E-state index in [1.54, 1.807) is 33.5 Å². The third-order valence-corrected chi connectivity index (χ3v) is 7.33. The van der Waals surface area contributed by atoms with Gasteiger partial charge in [-0.05, 0) is 61.4 Å². The molecule has 2 aliphatic rings. The van der Waals surface area contributed by atoms with Crippen LogP contribution in [0.1, 0.15) is 37.0 Å². The summed E-state index contributed by atoms with van der Waals surface area (Å²) < 4.78 is 27.4. The van der Waals surface area contributed by atoms with Gasteiger partial charge in [0, 0.05) is 31.7 Å². The molecule has 0 aromatic heterocycles. The summed E-state index contributed by atoms with van der Waals surface area (Å²) in [5.41, 5.74) is 6.21. The van der Waals surface area contributed by atoms with Crippen LogP contribution in [-0.2, 0) is 10.0 Å². The summed E-state index contributed by atoms with van der Waals surface area (Å²) in [4.78, 5) is 14.6. The predicted octanol–water partition coefficient (Wildman–Crippen LogP) is 1.77. The van der Waals surface area contributed by atoms with Crippen molar-refractivity contribution < 1.29 is 13.2 Å². The van der Waals surface area contributed by atoms with Gasteiger partial charge in [-0.3, -0.25) is 4.79 Å². The monoisotopic (exact) mass is 379 g/mol. The van der Waals surface area contributed by atoms with Crippen LogP contribution >= 0.6 is 0 Å². The van der Waals surface area contributed by atoms with Crippen LogP contribution in [0, 0.1) is 17.8 Å². The normalized spacial score (nSPS) is 27.7. The van der Waals surface area contributed by atoms with Crippen molar-refractivity contribution in [3.8, 4) is 0 Å². The molecule has 6 nitrogen and oxygen atoms in total. The fourth-order valence-electron chi connectivity index (χ4n) is 4.11. The van der Waals surface area contributed by atoms with Gasteiger partial charge in [0.2, 0.25) is 10.0 Å². The maximum absolute atomic E-state index is 12.9. The first kappa shape index (κ1) is 19.3. The van der Waals surface area contributed by atoms with Gasteiger partial charge in [-0.1, -0.05) is 13.8 Å². The van der Waals surface area contributed by atoms with Crippen LogP contribution in [-0.4, -0.2) is 56.3 Å². The molecule has 3 unspecified atom stereocenters. The third kappa shape index (κ3) is 3.94. The molecule has 0 bridgehead atoms. The van der Waals surface area contributed by atoms with Crippen molar-refractivity contribution in [2.75, 3.05) is 32.7 Å². The number of amides is 1. The summed E-state index contributed by atoms with van der Waals surface area (Å²) >= 11 is 0. The van der Waals surface area contributed by atoms with Gasteiger partial charge >= 0.3 is 0 Å². The van der Waals surface area contributed by atoms with Crippen LogP contribution in [0.25, 0.3) is 0 Å². The largest absolute Gasteiger partial charge is 0.338 e. The average Bonchev–Trinajstić information content (AvgIpc) is 3.09. The highest BCUT2D eigenvalue weighted by Crippen LogP contribution is 2.27. The van der Waals surface area contributed by atoms with E-state index in [1.807, 2.05) is 0 Å².